The molecule has 21 nitrogen and oxygen atoms in total. The molecule has 8 rings (SSSR count). The second kappa shape index (κ2) is 26.0. The van der Waals surface area contributed by atoms with Crippen molar-refractivity contribution in [2.24, 2.45) is 12.8 Å². The summed E-state index contributed by atoms with van der Waals surface area (Å²) in [7, 11) is 1.65. The van der Waals surface area contributed by atoms with Crippen LogP contribution in [0, 0.1) is 0 Å². The van der Waals surface area contributed by atoms with Gasteiger partial charge in [-0.2, -0.15) is 26.3 Å². The fourth-order valence-electron chi connectivity index (χ4n) is 10.9. The summed E-state index contributed by atoms with van der Waals surface area (Å²) in [6.45, 7) is 1.43. The molecule has 4 aromatic rings. The van der Waals surface area contributed by atoms with E-state index < -0.39 is 102 Å². The average Bonchev–Trinajstić information content (AvgIpc) is 4.00. The van der Waals surface area contributed by atoms with Gasteiger partial charge in [0.2, 0.25) is 41.4 Å². The summed E-state index contributed by atoms with van der Waals surface area (Å²) in [6, 6.07) is 17.3. The Balaban J connectivity index is 0.00000127. The van der Waals surface area contributed by atoms with Gasteiger partial charge in [-0.15, -0.1) is 0 Å². The number of rotatable bonds is 16. The first kappa shape index (κ1) is 60.5. The number of likely N-dealkylation sites (tertiary alicyclic amines) is 1. The highest BCUT2D eigenvalue weighted by molar-refractivity contribution is 6.00. The highest BCUT2D eigenvalue weighted by atomic mass is 19.4. The van der Waals surface area contributed by atoms with Crippen LogP contribution in [0.3, 0.4) is 0 Å². The minimum Gasteiger partial charge on any atom is -0.475 e. The maximum absolute atomic E-state index is 14.4. The number of halogens is 6. The summed E-state index contributed by atoms with van der Waals surface area (Å²) in [5.41, 5.74) is 8.90. The second-order valence-electron chi connectivity index (χ2n) is 20.4. The van der Waals surface area contributed by atoms with Gasteiger partial charge in [0.25, 0.3) is 0 Å². The van der Waals surface area contributed by atoms with Gasteiger partial charge >= 0.3 is 29.9 Å². The number of piperidine rings is 2. The lowest BCUT2D eigenvalue weighted by Crippen LogP contribution is -2.63. The quantitative estimate of drug-likeness (QED) is 0.0697. The van der Waals surface area contributed by atoms with E-state index in [9.17, 15) is 69.5 Å². The molecule has 0 bridgehead atoms. The Labute approximate surface area is 459 Å². The molecule has 27 heteroatoms. The number of alkyl halides is 6. The van der Waals surface area contributed by atoms with Crippen molar-refractivity contribution in [3.63, 3.8) is 0 Å². The van der Waals surface area contributed by atoms with E-state index >= 15 is 0 Å². The van der Waals surface area contributed by atoms with E-state index in [-0.39, 0.29) is 75.4 Å². The average molecular weight is 1140 g/mol. The first-order chi connectivity index (χ1) is 38.3. The van der Waals surface area contributed by atoms with Gasteiger partial charge in [0, 0.05) is 45.4 Å². The number of imide groups is 1. The largest absolute Gasteiger partial charge is 0.490 e. The summed E-state index contributed by atoms with van der Waals surface area (Å²) < 4.78 is 75.9. The third-order valence-electron chi connectivity index (χ3n) is 15.1. The number of aliphatic carboxylic acids is 1. The topological polar surface area (TPSA) is 285 Å². The number of benzene rings is 3. The number of nitrogens with two attached hydrogens (primary N) is 1. The summed E-state index contributed by atoms with van der Waals surface area (Å²) >= 11 is 0. The van der Waals surface area contributed by atoms with E-state index in [0.29, 0.717) is 37.1 Å². The predicted octanol–water partition coefficient (Wildman–Crippen LogP) is 3.21. The highest BCUT2D eigenvalue weighted by Crippen LogP contribution is 2.33. The Kier molecular flexibility index (Phi) is 19.4. The van der Waals surface area contributed by atoms with Crippen LogP contribution in [0.1, 0.15) is 105 Å². The molecule has 4 saturated heterocycles. The SMILES string of the molecule is Cn1c(=O)n(C2CCC(=O)NC2=O)c2ccc(C3CCN(CCCC(=O)N4CC[C@H]5CC[C@@H](C(=O)N[C@@H](CCC(N)=O)C(=O)NC(c6ccccc6)c6ccccc6)N5C(=O)[C@@H](NC(=O)C(F)(F)F)C4)CC3)cc21.O=C(O)C(F)(F)F. The van der Waals surface area contributed by atoms with E-state index in [1.54, 1.807) is 36.6 Å². The molecule has 5 atom stereocenters. The van der Waals surface area contributed by atoms with Crippen molar-refractivity contribution in [1.29, 1.82) is 0 Å². The maximum atomic E-state index is 14.4. The van der Waals surface area contributed by atoms with Crippen LogP contribution in [0.2, 0.25) is 0 Å². The van der Waals surface area contributed by atoms with Crippen molar-refractivity contribution in [3.05, 3.63) is 106 Å². The van der Waals surface area contributed by atoms with Crippen LogP contribution in [0.25, 0.3) is 11.0 Å². The van der Waals surface area contributed by atoms with E-state index in [4.69, 9.17) is 15.6 Å². The molecule has 0 saturated carbocycles. The van der Waals surface area contributed by atoms with Gasteiger partial charge in [0.05, 0.1) is 17.1 Å². The lowest BCUT2D eigenvalue weighted by atomic mass is 9.89. The molecule has 3 aromatic carbocycles. The van der Waals surface area contributed by atoms with Crippen molar-refractivity contribution in [3.8, 4) is 0 Å². The second-order valence-corrected chi connectivity index (χ2v) is 20.4. The van der Waals surface area contributed by atoms with Crippen molar-refractivity contribution in [2.75, 3.05) is 32.7 Å². The van der Waals surface area contributed by atoms with E-state index in [0.717, 1.165) is 29.5 Å². The number of carboxylic acid groups (broad SMARTS) is 1. The maximum Gasteiger partial charge on any atom is 0.490 e. The fraction of sp³-hybridized carbons (Fsp3) is 0.481. The van der Waals surface area contributed by atoms with Crippen molar-refractivity contribution < 1.29 is 74.6 Å². The van der Waals surface area contributed by atoms with Gasteiger partial charge in [0.15, 0.2) is 0 Å². The van der Waals surface area contributed by atoms with E-state index in [1.807, 2.05) is 54.6 Å². The van der Waals surface area contributed by atoms with Crippen LogP contribution in [0.5, 0.6) is 0 Å². The number of aromatic nitrogens is 2. The summed E-state index contributed by atoms with van der Waals surface area (Å²) in [5.74, 6) is -9.38. The molecule has 1 unspecified atom stereocenters. The smallest absolute Gasteiger partial charge is 0.475 e. The number of fused-ring (bicyclic) bond motifs is 2. The zero-order valence-electron chi connectivity index (χ0n) is 44.0. The Morgan fingerprint density at radius 3 is 1.98 bits per heavy atom. The van der Waals surface area contributed by atoms with Crippen LogP contribution in [0.15, 0.2) is 83.7 Å². The van der Waals surface area contributed by atoms with Crippen molar-refractivity contribution in [1.82, 2.24) is 45.1 Å². The van der Waals surface area contributed by atoms with Crippen molar-refractivity contribution in [2.45, 2.75) is 125 Å². The zero-order chi connectivity index (χ0) is 58.9. The van der Waals surface area contributed by atoms with Gasteiger partial charge in [-0.25, -0.2) is 9.59 Å². The number of hydrogen-bond donors (Lipinski definition) is 6. The number of carbonyl (C=O) groups is 9. The van der Waals surface area contributed by atoms with Gasteiger partial charge in [-0.05, 0) is 106 Å². The molecule has 5 heterocycles. The third-order valence-corrected chi connectivity index (χ3v) is 15.1. The van der Waals surface area contributed by atoms with Crippen LogP contribution in [0.4, 0.5) is 26.3 Å². The molecule has 4 aliphatic rings. The molecule has 0 radical (unpaired) electrons. The lowest BCUT2D eigenvalue weighted by molar-refractivity contribution is -0.192. The standard InChI is InChI=1S/C52H61F3N10O9.C2HF3O2/c1-61-41-29-34(14-17-38(41)65(51(61)74)40-19-21-43(67)59-48(40)71)31-22-26-62(27-23-31)25-8-13-44(68)63-28-24-35-15-18-39(64(35)49(72)37(30-63)58-50(73)52(53,54)55)47(70)57-36(16-20-42(56)66)46(69)60-45(32-9-4-2-5-10-32)33-11-6-3-7-12-33;3-2(4,5)1(6)7/h2-7,9-12,14,17,29,31,35-37,39-40,45H,8,13,15-16,18-28,30H2,1H3,(H2,56,66)(H,57,70)(H,58,73)(H,60,69)(H,59,67,71);(H,6,7)/t35-,36+,37+,39+,40?;/m1./s1. The van der Waals surface area contributed by atoms with Gasteiger partial charge < -0.3 is 41.5 Å². The first-order valence-electron chi connectivity index (χ1n) is 26.4. The number of amides is 8. The fourth-order valence-corrected chi connectivity index (χ4v) is 10.9. The monoisotopic (exact) mass is 1140 g/mol. The van der Waals surface area contributed by atoms with Crippen LogP contribution in [-0.2, 0) is 50.2 Å². The van der Waals surface area contributed by atoms with Crippen LogP contribution < -0.4 is 32.7 Å². The number of nitrogens with one attached hydrogen (secondary N) is 4. The highest BCUT2D eigenvalue weighted by Gasteiger charge is 2.48. The summed E-state index contributed by atoms with van der Waals surface area (Å²) in [5, 5.41) is 16.9. The Morgan fingerprint density at radius 1 is 0.765 bits per heavy atom. The van der Waals surface area contributed by atoms with Crippen molar-refractivity contribution >= 4 is 64.3 Å². The number of carboxylic acids is 1. The Morgan fingerprint density at radius 2 is 1.40 bits per heavy atom. The number of aryl methyl sites for hydroxylation is 1. The molecular formula is C54H62F6N10O11. The zero-order valence-corrected chi connectivity index (χ0v) is 44.0. The van der Waals surface area contributed by atoms with E-state index in [1.165, 1.54) is 18.9 Å². The van der Waals surface area contributed by atoms with E-state index in [2.05, 4.69) is 20.9 Å². The van der Waals surface area contributed by atoms with Gasteiger partial charge in [-0.1, -0.05) is 66.7 Å². The molecule has 8 amide bonds. The predicted molar refractivity (Wildman–Crippen MR) is 276 cm³/mol. The number of hydrogen-bond acceptors (Lipinski definition) is 11. The molecule has 4 fully saturated rings. The summed E-state index contributed by atoms with van der Waals surface area (Å²) in [4.78, 5) is 132. The summed E-state index contributed by atoms with van der Waals surface area (Å²) in [6.07, 6.45) is -8.03. The molecular weight excluding hydrogens is 1080 g/mol. The molecule has 7 N–H and O–H groups in total. The molecule has 436 valence electrons. The number of carbonyl (C=O) groups excluding carboxylic acids is 8. The first-order valence-corrected chi connectivity index (χ1v) is 26.4. The molecule has 4 aliphatic heterocycles. The minimum absolute atomic E-state index is 0.0203. The van der Waals surface area contributed by atoms with Crippen LogP contribution >= 0.6 is 0 Å². The number of nitrogens with zero attached hydrogens (tertiary/aromatic N) is 5. The minimum atomic E-state index is -5.36. The Hall–Kier alpha value is -8.10. The molecule has 0 spiro atoms. The molecule has 81 heavy (non-hydrogen) atoms. The van der Waals surface area contributed by atoms with Gasteiger partial charge in [-0.3, -0.25) is 52.8 Å². The van der Waals surface area contributed by atoms with Gasteiger partial charge in [0.1, 0.15) is 24.2 Å². The van der Waals surface area contributed by atoms with Crippen LogP contribution in [-0.4, -0.2) is 151 Å². The Bertz CT molecular complexity index is 3020. The number of imidazole rings is 1. The molecule has 0 aliphatic carbocycles. The normalized spacial score (nSPS) is 20.5. The number of primary amides is 1. The lowest BCUT2D eigenvalue weighted by Gasteiger charge is -2.39. The molecule has 1 aromatic heterocycles. The third kappa shape index (κ3) is 15.0.